The standard InChI is InChI=1S/C14H19N3O4/c1-8(2)20-5-6-21-12-10(14(18)19)7-15-13-11(12)9(3)16-17(13)4/h7-8H,5-6H2,1-4H3,(H,18,19). The maximum Gasteiger partial charge on any atom is 0.341 e. The summed E-state index contributed by atoms with van der Waals surface area (Å²) in [7, 11) is 1.76. The van der Waals surface area contributed by atoms with Crippen molar-refractivity contribution in [2.75, 3.05) is 13.2 Å². The number of carboxylic acid groups (broad SMARTS) is 1. The fourth-order valence-electron chi connectivity index (χ4n) is 2.11. The molecule has 2 aromatic heterocycles. The highest BCUT2D eigenvalue weighted by Crippen LogP contribution is 2.30. The number of aryl methyl sites for hydroxylation is 2. The summed E-state index contributed by atoms with van der Waals surface area (Å²) in [5.74, 6) is -0.780. The second-order valence-corrected chi connectivity index (χ2v) is 4.98. The van der Waals surface area contributed by atoms with Gasteiger partial charge in [0.2, 0.25) is 0 Å². The molecule has 2 heterocycles. The molecule has 0 amide bonds. The highest BCUT2D eigenvalue weighted by molar-refractivity contribution is 5.98. The highest BCUT2D eigenvalue weighted by atomic mass is 16.5. The first-order valence-corrected chi connectivity index (χ1v) is 6.71. The molecule has 2 rings (SSSR count). The Morgan fingerprint density at radius 1 is 1.43 bits per heavy atom. The summed E-state index contributed by atoms with van der Waals surface area (Å²) in [5, 5.41) is 14.2. The average molecular weight is 293 g/mol. The van der Waals surface area contributed by atoms with E-state index in [-0.39, 0.29) is 18.3 Å². The lowest BCUT2D eigenvalue weighted by Crippen LogP contribution is -2.13. The Labute approximate surface area is 122 Å². The van der Waals surface area contributed by atoms with E-state index in [4.69, 9.17) is 9.47 Å². The molecule has 0 aliphatic rings. The predicted molar refractivity (Wildman–Crippen MR) is 76.8 cm³/mol. The van der Waals surface area contributed by atoms with Crippen molar-refractivity contribution >= 4 is 17.0 Å². The fraction of sp³-hybridized carbons (Fsp3) is 0.500. The molecule has 1 N–H and O–H groups in total. The largest absolute Gasteiger partial charge is 0.489 e. The minimum atomic E-state index is -1.08. The van der Waals surface area contributed by atoms with Gasteiger partial charge in [-0.25, -0.2) is 9.78 Å². The quantitative estimate of drug-likeness (QED) is 0.817. The summed E-state index contributed by atoms with van der Waals surface area (Å²) in [6.07, 6.45) is 1.40. The monoisotopic (exact) mass is 293 g/mol. The number of rotatable bonds is 6. The number of hydrogen-bond acceptors (Lipinski definition) is 5. The van der Waals surface area contributed by atoms with Gasteiger partial charge in [0, 0.05) is 13.2 Å². The van der Waals surface area contributed by atoms with Gasteiger partial charge in [0.15, 0.2) is 5.65 Å². The van der Waals surface area contributed by atoms with Gasteiger partial charge < -0.3 is 14.6 Å². The Hall–Kier alpha value is -2.15. The molecule has 0 atom stereocenters. The zero-order valence-electron chi connectivity index (χ0n) is 12.6. The normalized spacial score (nSPS) is 11.3. The van der Waals surface area contributed by atoms with Gasteiger partial charge in [0.05, 0.1) is 23.8 Å². The molecule has 0 saturated heterocycles. The Kier molecular flexibility index (Phi) is 4.42. The van der Waals surface area contributed by atoms with Gasteiger partial charge in [-0.2, -0.15) is 5.10 Å². The summed E-state index contributed by atoms with van der Waals surface area (Å²) < 4.78 is 12.7. The molecule has 0 radical (unpaired) electrons. The molecule has 0 aliphatic carbocycles. The van der Waals surface area contributed by atoms with E-state index < -0.39 is 5.97 Å². The van der Waals surface area contributed by atoms with Crippen LogP contribution in [0.2, 0.25) is 0 Å². The number of carboxylic acids is 1. The van der Waals surface area contributed by atoms with E-state index >= 15 is 0 Å². The number of ether oxygens (including phenoxy) is 2. The van der Waals surface area contributed by atoms with Crippen LogP contribution in [0.5, 0.6) is 5.75 Å². The maximum absolute atomic E-state index is 11.3. The molecule has 7 heteroatoms. The zero-order valence-corrected chi connectivity index (χ0v) is 12.6. The minimum Gasteiger partial charge on any atom is -0.489 e. The van der Waals surface area contributed by atoms with Crippen LogP contribution in [0.4, 0.5) is 0 Å². The summed E-state index contributed by atoms with van der Waals surface area (Å²) in [4.78, 5) is 15.5. The maximum atomic E-state index is 11.3. The lowest BCUT2D eigenvalue weighted by atomic mass is 10.2. The molecule has 0 fully saturated rings. The summed E-state index contributed by atoms with van der Waals surface area (Å²) in [5.41, 5.74) is 1.31. The summed E-state index contributed by atoms with van der Waals surface area (Å²) >= 11 is 0. The third kappa shape index (κ3) is 3.13. The smallest absolute Gasteiger partial charge is 0.341 e. The first-order chi connectivity index (χ1) is 9.91. The van der Waals surface area contributed by atoms with Crippen LogP contribution in [0.25, 0.3) is 11.0 Å². The second kappa shape index (κ2) is 6.09. The number of aromatic carboxylic acids is 1. The van der Waals surface area contributed by atoms with Crippen LogP contribution in [0.1, 0.15) is 29.9 Å². The average Bonchev–Trinajstić information content (AvgIpc) is 2.69. The number of fused-ring (bicyclic) bond motifs is 1. The van der Waals surface area contributed by atoms with Crippen molar-refractivity contribution in [2.24, 2.45) is 7.05 Å². The fourth-order valence-corrected chi connectivity index (χ4v) is 2.11. The van der Waals surface area contributed by atoms with Crippen molar-refractivity contribution in [3.8, 4) is 5.75 Å². The number of hydrogen-bond donors (Lipinski definition) is 1. The molecule has 0 aliphatic heterocycles. The van der Waals surface area contributed by atoms with E-state index in [2.05, 4.69) is 10.1 Å². The molecule has 0 aromatic carbocycles. The molecule has 21 heavy (non-hydrogen) atoms. The van der Waals surface area contributed by atoms with Gasteiger partial charge in [0.1, 0.15) is 17.9 Å². The third-order valence-corrected chi connectivity index (χ3v) is 2.99. The van der Waals surface area contributed by atoms with Gasteiger partial charge in [-0.3, -0.25) is 4.68 Å². The Morgan fingerprint density at radius 2 is 2.14 bits per heavy atom. The number of nitrogens with zero attached hydrogens (tertiary/aromatic N) is 3. The highest BCUT2D eigenvalue weighted by Gasteiger charge is 2.20. The predicted octanol–water partition coefficient (Wildman–Crippen LogP) is 1.78. The first kappa shape index (κ1) is 15.2. The van der Waals surface area contributed by atoms with Crippen LogP contribution < -0.4 is 4.74 Å². The van der Waals surface area contributed by atoms with E-state index in [1.54, 1.807) is 18.7 Å². The van der Waals surface area contributed by atoms with E-state index in [1.807, 2.05) is 13.8 Å². The molecular weight excluding hydrogens is 274 g/mol. The summed E-state index contributed by atoms with van der Waals surface area (Å²) in [6.45, 7) is 6.32. The number of aromatic nitrogens is 3. The zero-order chi connectivity index (χ0) is 15.6. The van der Waals surface area contributed by atoms with Gasteiger partial charge in [-0.15, -0.1) is 0 Å². The molecule has 0 unspecified atom stereocenters. The van der Waals surface area contributed by atoms with Crippen molar-refractivity contribution in [3.05, 3.63) is 17.5 Å². The molecule has 114 valence electrons. The Morgan fingerprint density at radius 3 is 2.76 bits per heavy atom. The molecule has 0 bridgehead atoms. The van der Waals surface area contributed by atoms with Crippen molar-refractivity contribution < 1.29 is 19.4 Å². The van der Waals surface area contributed by atoms with Gasteiger partial charge in [0.25, 0.3) is 0 Å². The van der Waals surface area contributed by atoms with Crippen LogP contribution in [-0.4, -0.2) is 45.2 Å². The molecule has 0 spiro atoms. The van der Waals surface area contributed by atoms with E-state index in [1.165, 1.54) is 6.20 Å². The van der Waals surface area contributed by atoms with Gasteiger partial charge in [-0.1, -0.05) is 0 Å². The molecule has 2 aromatic rings. The Bertz CT molecular complexity index is 664. The first-order valence-electron chi connectivity index (χ1n) is 6.71. The van der Waals surface area contributed by atoms with Crippen molar-refractivity contribution in [1.29, 1.82) is 0 Å². The van der Waals surface area contributed by atoms with Gasteiger partial charge in [-0.05, 0) is 20.8 Å². The van der Waals surface area contributed by atoms with Crippen molar-refractivity contribution in [2.45, 2.75) is 26.9 Å². The van der Waals surface area contributed by atoms with Crippen molar-refractivity contribution in [3.63, 3.8) is 0 Å². The van der Waals surface area contributed by atoms with Crippen LogP contribution in [0, 0.1) is 6.92 Å². The van der Waals surface area contributed by atoms with Crippen LogP contribution in [0.3, 0.4) is 0 Å². The van der Waals surface area contributed by atoms with E-state index in [9.17, 15) is 9.90 Å². The van der Waals surface area contributed by atoms with E-state index in [0.29, 0.717) is 29.1 Å². The SMILES string of the molecule is Cc1nn(C)c2ncc(C(=O)O)c(OCCOC(C)C)c12. The van der Waals surface area contributed by atoms with Crippen LogP contribution in [-0.2, 0) is 11.8 Å². The minimum absolute atomic E-state index is 0.0307. The van der Waals surface area contributed by atoms with Crippen molar-refractivity contribution in [1.82, 2.24) is 14.8 Å². The topological polar surface area (TPSA) is 86.5 Å². The van der Waals surface area contributed by atoms with Crippen LogP contribution in [0.15, 0.2) is 6.20 Å². The lowest BCUT2D eigenvalue weighted by molar-refractivity contribution is 0.0542. The Balaban J connectivity index is 2.37. The number of pyridine rings is 1. The van der Waals surface area contributed by atoms with Gasteiger partial charge >= 0.3 is 5.97 Å². The third-order valence-electron chi connectivity index (χ3n) is 2.99. The molecule has 0 saturated carbocycles. The second-order valence-electron chi connectivity index (χ2n) is 4.98. The van der Waals surface area contributed by atoms with E-state index in [0.717, 1.165) is 0 Å². The molecular formula is C14H19N3O4. The molecule has 7 nitrogen and oxygen atoms in total. The number of carbonyl (C=O) groups is 1. The lowest BCUT2D eigenvalue weighted by Gasteiger charge is -2.12. The summed E-state index contributed by atoms with van der Waals surface area (Å²) in [6, 6.07) is 0. The van der Waals surface area contributed by atoms with Crippen LogP contribution >= 0.6 is 0 Å².